The molecular weight excluding hydrogens is 180 g/mol. The van der Waals surface area contributed by atoms with E-state index >= 15 is 0 Å². The molecule has 0 aliphatic heterocycles. The minimum Gasteiger partial charge on any atom is -0.481 e. The monoisotopic (exact) mass is 196 g/mol. The number of carboxylic acids is 1. The highest BCUT2D eigenvalue weighted by atomic mass is 16.4. The van der Waals surface area contributed by atoms with Crippen LogP contribution in [0.5, 0.6) is 0 Å². The summed E-state index contributed by atoms with van der Waals surface area (Å²) in [7, 11) is 0. The highest BCUT2D eigenvalue weighted by molar-refractivity contribution is 5.79. The maximum atomic E-state index is 11.0. The molecule has 0 saturated carbocycles. The number of aryl methyl sites for hydroxylation is 2. The van der Waals surface area contributed by atoms with Crippen LogP contribution < -0.4 is 0 Å². The molecule has 1 N–H and O–H groups in total. The summed E-state index contributed by atoms with van der Waals surface area (Å²) in [5.41, 5.74) is 0.701. The molecule has 0 aromatic carbocycles. The number of nitrogens with zero attached hydrogens (tertiary/aromatic N) is 2. The van der Waals surface area contributed by atoms with Gasteiger partial charge in [0.2, 0.25) is 0 Å². The van der Waals surface area contributed by atoms with Gasteiger partial charge >= 0.3 is 5.97 Å². The predicted molar refractivity (Wildman–Crippen MR) is 53.3 cm³/mol. The van der Waals surface area contributed by atoms with Crippen LogP contribution in [0.1, 0.15) is 32.2 Å². The van der Waals surface area contributed by atoms with Gasteiger partial charge in [0, 0.05) is 12.2 Å². The fourth-order valence-electron chi connectivity index (χ4n) is 1.25. The first-order valence-corrected chi connectivity index (χ1v) is 4.68. The van der Waals surface area contributed by atoms with E-state index in [-0.39, 0.29) is 0 Å². The second-order valence-corrected chi connectivity index (χ2v) is 3.92. The Morgan fingerprint density at radius 1 is 1.64 bits per heavy atom. The molecule has 0 aliphatic carbocycles. The summed E-state index contributed by atoms with van der Waals surface area (Å²) in [5, 5.41) is 13.3. The smallest absolute Gasteiger partial charge is 0.315 e. The molecule has 4 heteroatoms. The van der Waals surface area contributed by atoms with Gasteiger partial charge < -0.3 is 5.11 Å². The lowest BCUT2D eigenvalue weighted by Gasteiger charge is -2.15. The molecule has 0 atom stereocenters. The number of rotatable bonds is 3. The zero-order valence-electron chi connectivity index (χ0n) is 9.03. The molecule has 0 fully saturated rings. The van der Waals surface area contributed by atoms with E-state index in [1.807, 2.05) is 19.9 Å². The fourth-order valence-corrected chi connectivity index (χ4v) is 1.25. The molecule has 0 aliphatic rings. The molecule has 1 heterocycles. The molecular formula is C10H16N2O2. The largest absolute Gasteiger partial charge is 0.481 e. The van der Waals surface area contributed by atoms with Crippen LogP contribution in [-0.2, 0) is 16.8 Å². The number of carboxylic acid groups (broad SMARTS) is 1. The van der Waals surface area contributed by atoms with Crippen LogP contribution >= 0.6 is 0 Å². The minimum absolute atomic E-state index is 0.615. The van der Waals surface area contributed by atoms with Crippen molar-refractivity contribution >= 4 is 5.97 Å². The van der Waals surface area contributed by atoms with Crippen molar-refractivity contribution in [3.8, 4) is 0 Å². The van der Waals surface area contributed by atoms with E-state index in [1.165, 1.54) is 0 Å². The summed E-state index contributed by atoms with van der Waals surface area (Å²) in [4.78, 5) is 11.0. The Morgan fingerprint density at radius 2 is 2.21 bits per heavy atom. The summed E-state index contributed by atoms with van der Waals surface area (Å²) in [5.74, 6) is -0.849. The van der Waals surface area contributed by atoms with E-state index in [0.29, 0.717) is 5.69 Å². The van der Waals surface area contributed by atoms with Crippen LogP contribution in [0.3, 0.4) is 0 Å². The zero-order valence-corrected chi connectivity index (χ0v) is 9.03. The second-order valence-electron chi connectivity index (χ2n) is 3.92. The fraction of sp³-hybridized carbons (Fsp3) is 0.600. The average Bonchev–Trinajstić information content (AvgIpc) is 2.47. The maximum absolute atomic E-state index is 11.0. The molecule has 78 valence electrons. The number of hydrogen-bond donors (Lipinski definition) is 1. The predicted octanol–water partition coefficient (Wildman–Crippen LogP) is 1.57. The molecule has 0 unspecified atom stereocenters. The first-order chi connectivity index (χ1) is 6.39. The van der Waals surface area contributed by atoms with Gasteiger partial charge in [0.05, 0.1) is 5.69 Å². The van der Waals surface area contributed by atoms with E-state index in [1.54, 1.807) is 18.5 Å². The molecule has 14 heavy (non-hydrogen) atoms. The van der Waals surface area contributed by atoms with Crippen LogP contribution in [0.15, 0.2) is 6.07 Å². The Bertz CT molecular complexity index is 353. The molecule has 0 spiro atoms. The molecule has 0 amide bonds. The van der Waals surface area contributed by atoms with Crippen molar-refractivity contribution in [1.29, 1.82) is 0 Å². The third kappa shape index (κ3) is 1.64. The van der Waals surface area contributed by atoms with E-state index in [9.17, 15) is 4.79 Å². The lowest BCUT2D eigenvalue weighted by molar-refractivity contribution is -0.142. The summed E-state index contributed by atoms with van der Waals surface area (Å²) in [6, 6.07) is 1.83. The van der Waals surface area contributed by atoms with E-state index in [4.69, 9.17) is 5.11 Å². The van der Waals surface area contributed by atoms with Crippen molar-refractivity contribution in [2.75, 3.05) is 0 Å². The Morgan fingerprint density at radius 3 is 2.57 bits per heavy atom. The molecule has 0 bridgehead atoms. The van der Waals surface area contributed by atoms with E-state index < -0.39 is 11.4 Å². The first-order valence-electron chi connectivity index (χ1n) is 4.68. The van der Waals surface area contributed by atoms with E-state index in [2.05, 4.69) is 5.10 Å². The Hall–Kier alpha value is -1.32. The summed E-state index contributed by atoms with van der Waals surface area (Å²) >= 11 is 0. The van der Waals surface area contributed by atoms with Crippen molar-refractivity contribution in [2.45, 2.75) is 39.7 Å². The third-order valence-electron chi connectivity index (χ3n) is 2.46. The topological polar surface area (TPSA) is 55.1 Å². The van der Waals surface area contributed by atoms with Gasteiger partial charge in [0.25, 0.3) is 0 Å². The van der Waals surface area contributed by atoms with Gasteiger partial charge in [-0.05, 0) is 33.8 Å². The molecule has 0 saturated heterocycles. The highest BCUT2D eigenvalue weighted by Crippen LogP contribution is 2.22. The van der Waals surface area contributed by atoms with Gasteiger partial charge in [0.15, 0.2) is 0 Å². The van der Waals surface area contributed by atoms with Crippen molar-refractivity contribution in [3.63, 3.8) is 0 Å². The quantitative estimate of drug-likeness (QED) is 0.798. The molecule has 1 rings (SSSR count). The van der Waals surface area contributed by atoms with Crippen LogP contribution in [0, 0.1) is 6.92 Å². The summed E-state index contributed by atoms with van der Waals surface area (Å²) in [6.45, 7) is 8.01. The molecule has 1 aromatic heterocycles. The van der Waals surface area contributed by atoms with Gasteiger partial charge in [0.1, 0.15) is 5.41 Å². The number of hydrogen-bond acceptors (Lipinski definition) is 2. The van der Waals surface area contributed by atoms with Gasteiger partial charge in [-0.3, -0.25) is 9.48 Å². The zero-order chi connectivity index (χ0) is 10.9. The van der Waals surface area contributed by atoms with Crippen molar-refractivity contribution in [1.82, 2.24) is 9.78 Å². The SMILES string of the molecule is CCn1nc(C(C)(C)C(=O)O)cc1C. The normalized spacial score (nSPS) is 11.7. The highest BCUT2D eigenvalue weighted by Gasteiger charge is 2.32. The Balaban J connectivity index is 3.14. The van der Waals surface area contributed by atoms with Crippen molar-refractivity contribution in [3.05, 3.63) is 17.5 Å². The number of aromatic nitrogens is 2. The molecule has 1 aromatic rings. The Labute approximate surface area is 83.5 Å². The molecule has 4 nitrogen and oxygen atoms in total. The van der Waals surface area contributed by atoms with Gasteiger partial charge in [-0.1, -0.05) is 0 Å². The van der Waals surface area contributed by atoms with Crippen LogP contribution in [0.25, 0.3) is 0 Å². The molecule has 0 radical (unpaired) electrons. The van der Waals surface area contributed by atoms with Crippen LogP contribution in [-0.4, -0.2) is 20.9 Å². The van der Waals surface area contributed by atoms with Crippen molar-refractivity contribution in [2.24, 2.45) is 0 Å². The lowest BCUT2D eigenvalue weighted by Crippen LogP contribution is -2.29. The minimum atomic E-state index is -0.912. The number of carbonyl (C=O) groups is 1. The van der Waals surface area contributed by atoms with Crippen LogP contribution in [0.4, 0.5) is 0 Å². The first kappa shape index (κ1) is 10.8. The second kappa shape index (κ2) is 3.44. The summed E-state index contributed by atoms with van der Waals surface area (Å²) < 4.78 is 1.81. The average molecular weight is 196 g/mol. The summed E-state index contributed by atoms with van der Waals surface area (Å²) in [6.07, 6.45) is 0. The number of aliphatic carboxylic acids is 1. The van der Waals surface area contributed by atoms with Crippen molar-refractivity contribution < 1.29 is 9.90 Å². The van der Waals surface area contributed by atoms with Gasteiger partial charge in [-0.25, -0.2) is 0 Å². The van der Waals surface area contributed by atoms with E-state index in [0.717, 1.165) is 12.2 Å². The van der Waals surface area contributed by atoms with Gasteiger partial charge in [-0.2, -0.15) is 5.10 Å². The maximum Gasteiger partial charge on any atom is 0.315 e. The standard InChI is InChI=1S/C10H16N2O2/c1-5-12-7(2)6-8(11-12)10(3,4)9(13)14/h6H,5H2,1-4H3,(H,13,14). The third-order valence-corrected chi connectivity index (χ3v) is 2.46. The lowest BCUT2D eigenvalue weighted by atomic mass is 9.89. The Kier molecular flexibility index (Phi) is 2.64. The van der Waals surface area contributed by atoms with Gasteiger partial charge in [-0.15, -0.1) is 0 Å². The van der Waals surface area contributed by atoms with Crippen LogP contribution in [0.2, 0.25) is 0 Å².